The van der Waals surface area contributed by atoms with Gasteiger partial charge in [0.05, 0.1) is 31.2 Å². The van der Waals surface area contributed by atoms with E-state index in [-0.39, 0.29) is 18.8 Å². The quantitative estimate of drug-likeness (QED) is 0.490. The molecule has 1 atom stereocenters. The van der Waals surface area contributed by atoms with Gasteiger partial charge in [0, 0.05) is 30.7 Å². The number of hydrogen-bond acceptors (Lipinski definition) is 6. The molecule has 1 aliphatic rings. The van der Waals surface area contributed by atoms with Crippen LogP contribution in [-0.2, 0) is 17.6 Å². The average molecular weight is 454 g/mol. The standard InChI is InChI=1S/C24H24F2N4O3/c1-24(13-31)12-30-20(32-14-24)10-15-8-17(25)22(18(26)9-15)33-19-5-7-28-23-21(19)16(11-29-23)4-2-3-6-27/h5,7-9,11,31H,2-4,10,12-14H2,1H3,(H,28,29). The van der Waals surface area contributed by atoms with Crippen molar-refractivity contribution in [2.75, 3.05) is 19.8 Å². The molecule has 7 nitrogen and oxygen atoms in total. The van der Waals surface area contributed by atoms with Crippen molar-refractivity contribution < 1.29 is 23.4 Å². The van der Waals surface area contributed by atoms with E-state index in [0.29, 0.717) is 54.9 Å². The van der Waals surface area contributed by atoms with Crippen LogP contribution in [0.15, 0.2) is 35.6 Å². The van der Waals surface area contributed by atoms with Gasteiger partial charge in [-0.25, -0.2) is 13.8 Å². The van der Waals surface area contributed by atoms with E-state index < -0.39 is 22.8 Å². The maximum absolute atomic E-state index is 14.9. The summed E-state index contributed by atoms with van der Waals surface area (Å²) in [5.74, 6) is -1.53. The highest BCUT2D eigenvalue weighted by molar-refractivity contribution is 5.86. The monoisotopic (exact) mass is 454 g/mol. The van der Waals surface area contributed by atoms with Crippen molar-refractivity contribution in [2.24, 2.45) is 10.4 Å². The van der Waals surface area contributed by atoms with Crippen LogP contribution in [0.1, 0.15) is 30.9 Å². The summed E-state index contributed by atoms with van der Waals surface area (Å²) in [6.45, 7) is 2.48. The predicted octanol–water partition coefficient (Wildman–Crippen LogP) is 4.45. The number of nitrogens with zero attached hydrogens (tertiary/aromatic N) is 3. The Morgan fingerprint density at radius 1 is 1.33 bits per heavy atom. The summed E-state index contributed by atoms with van der Waals surface area (Å²) < 4.78 is 41.0. The largest absolute Gasteiger partial charge is 0.480 e. The van der Waals surface area contributed by atoms with Crippen molar-refractivity contribution in [1.29, 1.82) is 5.26 Å². The molecule has 0 radical (unpaired) electrons. The first-order chi connectivity index (χ1) is 15.9. The molecular weight excluding hydrogens is 430 g/mol. The van der Waals surface area contributed by atoms with Crippen molar-refractivity contribution in [3.05, 3.63) is 53.4 Å². The number of aliphatic hydroxyl groups excluding tert-OH is 1. The SMILES string of the molecule is CC1(CO)CN=C(Cc2cc(F)c(Oc3ccnc4[nH]cc(CCCC#N)c34)c(F)c2)OC1. The van der Waals surface area contributed by atoms with E-state index in [4.69, 9.17) is 14.7 Å². The Hall–Kier alpha value is -3.51. The third-order valence-electron chi connectivity index (χ3n) is 5.58. The number of aromatic nitrogens is 2. The highest BCUT2D eigenvalue weighted by Crippen LogP contribution is 2.35. The number of aliphatic imine (C=N–C) groups is 1. The van der Waals surface area contributed by atoms with Gasteiger partial charge in [-0.3, -0.25) is 4.99 Å². The van der Waals surface area contributed by atoms with E-state index in [0.717, 1.165) is 5.56 Å². The number of hydrogen-bond donors (Lipinski definition) is 2. The number of nitrogens with one attached hydrogen (secondary N) is 1. The van der Waals surface area contributed by atoms with E-state index in [1.165, 1.54) is 18.3 Å². The van der Waals surface area contributed by atoms with E-state index >= 15 is 0 Å². The second-order valence-electron chi connectivity index (χ2n) is 8.49. The molecule has 1 unspecified atom stereocenters. The number of unbranched alkanes of at least 4 members (excludes halogenated alkanes) is 1. The minimum absolute atomic E-state index is 0.0530. The van der Waals surface area contributed by atoms with E-state index in [1.54, 1.807) is 12.3 Å². The van der Waals surface area contributed by atoms with Gasteiger partial charge in [-0.1, -0.05) is 6.92 Å². The van der Waals surface area contributed by atoms with E-state index in [1.807, 2.05) is 6.92 Å². The molecule has 0 bridgehead atoms. The molecule has 0 saturated carbocycles. The zero-order valence-corrected chi connectivity index (χ0v) is 18.2. The molecule has 2 aromatic heterocycles. The first kappa shape index (κ1) is 22.7. The van der Waals surface area contributed by atoms with Crippen LogP contribution in [0.4, 0.5) is 8.78 Å². The number of fused-ring (bicyclic) bond motifs is 1. The number of rotatable bonds is 8. The number of aryl methyl sites for hydroxylation is 1. The van der Waals surface area contributed by atoms with E-state index in [2.05, 4.69) is 21.0 Å². The molecule has 172 valence electrons. The Balaban J connectivity index is 1.56. The minimum atomic E-state index is -0.840. The Kier molecular flexibility index (Phi) is 6.56. The van der Waals surface area contributed by atoms with Gasteiger partial charge in [-0.15, -0.1) is 0 Å². The van der Waals surface area contributed by atoms with Crippen LogP contribution in [0.25, 0.3) is 11.0 Å². The molecule has 0 aliphatic carbocycles. The van der Waals surface area contributed by atoms with Crippen LogP contribution in [0.2, 0.25) is 0 Å². The van der Waals surface area contributed by atoms with Gasteiger partial charge in [0.1, 0.15) is 11.4 Å². The summed E-state index contributed by atoms with van der Waals surface area (Å²) in [5, 5.41) is 18.8. The number of aliphatic hydroxyl groups is 1. The van der Waals surface area contributed by atoms with Crippen LogP contribution in [-0.4, -0.2) is 40.7 Å². The van der Waals surface area contributed by atoms with Crippen LogP contribution in [0.5, 0.6) is 11.5 Å². The molecule has 2 N–H and O–H groups in total. The van der Waals surface area contributed by atoms with Gasteiger partial charge in [0.15, 0.2) is 23.3 Å². The molecular formula is C24H24F2N4O3. The summed E-state index contributed by atoms with van der Waals surface area (Å²) in [5.41, 5.74) is 1.32. The minimum Gasteiger partial charge on any atom is -0.480 e. The Bertz CT molecular complexity index is 1210. The van der Waals surface area contributed by atoms with Crippen LogP contribution in [0, 0.1) is 28.4 Å². The summed E-state index contributed by atoms with van der Waals surface area (Å²) in [6.07, 6.45) is 5.06. The first-order valence-corrected chi connectivity index (χ1v) is 10.7. The summed E-state index contributed by atoms with van der Waals surface area (Å²) in [7, 11) is 0. The van der Waals surface area contributed by atoms with Crippen LogP contribution in [0.3, 0.4) is 0 Å². The topological polar surface area (TPSA) is 104 Å². The zero-order chi connectivity index (χ0) is 23.4. The van der Waals surface area contributed by atoms with Gasteiger partial charge in [-0.05, 0) is 42.2 Å². The average Bonchev–Trinajstić information content (AvgIpc) is 3.22. The number of nitriles is 1. The lowest BCUT2D eigenvalue weighted by atomic mass is 9.92. The van der Waals surface area contributed by atoms with Gasteiger partial charge in [0.25, 0.3) is 0 Å². The fraction of sp³-hybridized carbons (Fsp3) is 0.375. The lowest BCUT2D eigenvalue weighted by Gasteiger charge is -2.30. The molecule has 9 heteroatoms. The van der Waals surface area contributed by atoms with E-state index in [9.17, 15) is 13.9 Å². The summed E-state index contributed by atoms with van der Waals surface area (Å²) in [4.78, 5) is 11.6. The second kappa shape index (κ2) is 9.55. The molecule has 0 saturated heterocycles. The lowest BCUT2D eigenvalue weighted by molar-refractivity contribution is 0.0691. The van der Waals surface area contributed by atoms with Crippen LogP contribution >= 0.6 is 0 Å². The molecule has 0 fully saturated rings. The lowest BCUT2D eigenvalue weighted by Crippen LogP contribution is -2.36. The van der Waals surface area contributed by atoms with Crippen molar-refractivity contribution in [2.45, 2.75) is 32.6 Å². The van der Waals surface area contributed by atoms with Gasteiger partial charge in [-0.2, -0.15) is 5.26 Å². The fourth-order valence-corrected chi connectivity index (χ4v) is 3.66. The zero-order valence-electron chi connectivity index (χ0n) is 18.2. The molecule has 4 rings (SSSR count). The van der Waals surface area contributed by atoms with Gasteiger partial charge >= 0.3 is 0 Å². The third kappa shape index (κ3) is 4.96. The van der Waals surface area contributed by atoms with Gasteiger partial charge in [0.2, 0.25) is 0 Å². The number of aromatic amines is 1. The highest BCUT2D eigenvalue weighted by Gasteiger charge is 2.29. The number of benzene rings is 1. The Morgan fingerprint density at radius 3 is 2.79 bits per heavy atom. The maximum atomic E-state index is 14.9. The molecule has 0 amide bonds. The number of H-pyrrole nitrogens is 1. The number of pyridine rings is 1. The maximum Gasteiger partial charge on any atom is 0.198 e. The van der Waals surface area contributed by atoms with Crippen molar-refractivity contribution in [3.63, 3.8) is 0 Å². The third-order valence-corrected chi connectivity index (χ3v) is 5.58. The molecule has 1 aliphatic heterocycles. The smallest absolute Gasteiger partial charge is 0.198 e. The number of ether oxygens (including phenoxy) is 2. The first-order valence-electron chi connectivity index (χ1n) is 10.7. The highest BCUT2D eigenvalue weighted by atomic mass is 19.1. The van der Waals surface area contributed by atoms with Crippen LogP contribution < -0.4 is 4.74 Å². The van der Waals surface area contributed by atoms with Crippen molar-refractivity contribution >= 4 is 16.9 Å². The summed E-state index contributed by atoms with van der Waals surface area (Å²) in [6, 6.07) is 6.06. The predicted molar refractivity (Wildman–Crippen MR) is 118 cm³/mol. The van der Waals surface area contributed by atoms with Gasteiger partial charge < -0.3 is 19.6 Å². The van der Waals surface area contributed by atoms with Crippen molar-refractivity contribution in [3.8, 4) is 17.6 Å². The molecule has 1 aromatic carbocycles. The summed E-state index contributed by atoms with van der Waals surface area (Å²) >= 11 is 0. The molecule has 3 heterocycles. The normalized spacial score (nSPS) is 18.0. The Labute approximate surface area is 189 Å². The molecule has 3 aromatic rings. The Morgan fingerprint density at radius 2 is 2.12 bits per heavy atom. The van der Waals surface area contributed by atoms with Crippen molar-refractivity contribution in [1.82, 2.24) is 9.97 Å². The number of halogens is 2. The molecule has 0 spiro atoms. The fourth-order valence-electron chi connectivity index (χ4n) is 3.66. The second-order valence-corrected chi connectivity index (χ2v) is 8.49. The molecule has 33 heavy (non-hydrogen) atoms.